The van der Waals surface area contributed by atoms with Crippen molar-refractivity contribution in [1.29, 1.82) is 0 Å². The summed E-state index contributed by atoms with van der Waals surface area (Å²) in [6.07, 6.45) is -2.57. The first-order chi connectivity index (χ1) is 8.28. The fourth-order valence-electron chi connectivity index (χ4n) is 1.74. The maximum absolute atomic E-state index is 13.0. The Labute approximate surface area is 99.0 Å². The smallest absolute Gasteiger partial charge is 0.323 e. The van der Waals surface area contributed by atoms with Crippen molar-refractivity contribution in [1.82, 2.24) is 9.55 Å². The molecule has 0 atom stereocenters. The van der Waals surface area contributed by atoms with E-state index >= 15 is 0 Å². The summed E-state index contributed by atoms with van der Waals surface area (Å²) in [7, 11) is 0. The number of ketones is 1. The largest absolute Gasteiger partial charge is 0.406 e. The molecule has 0 spiro atoms. The molecule has 0 saturated heterocycles. The van der Waals surface area contributed by atoms with E-state index < -0.39 is 24.3 Å². The van der Waals surface area contributed by atoms with Gasteiger partial charge in [0.05, 0.1) is 6.20 Å². The number of carbonyl (C=O) groups is 1. The summed E-state index contributed by atoms with van der Waals surface area (Å²) in [4.78, 5) is 14.9. The SMILES string of the molecule is CC(=O)c1cn(CC(F)(F)F)c2ncc(F)cc12. The van der Waals surface area contributed by atoms with E-state index in [1.807, 2.05) is 0 Å². The molecular formula is C11H8F4N2O. The molecule has 2 rings (SSSR count). The Hall–Kier alpha value is -1.92. The van der Waals surface area contributed by atoms with Gasteiger partial charge in [-0.2, -0.15) is 13.2 Å². The van der Waals surface area contributed by atoms with Crippen molar-refractivity contribution in [3.8, 4) is 0 Å². The summed E-state index contributed by atoms with van der Waals surface area (Å²) >= 11 is 0. The van der Waals surface area contributed by atoms with Gasteiger partial charge in [-0.25, -0.2) is 9.37 Å². The highest BCUT2D eigenvalue weighted by molar-refractivity contribution is 6.06. The van der Waals surface area contributed by atoms with Crippen molar-refractivity contribution in [2.45, 2.75) is 19.6 Å². The van der Waals surface area contributed by atoms with Gasteiger partial charge in [-0.1, -0.05) is 0 Å². The van der Waals surface area contributed by atoms with Crippen molar-refractivity contribution in [3.63, 3.8) is 0 Å². The van der Waals surface area contributed by atoms with E-state index in [-0.39, 0.29) is 16.6 Å². The zero-order valence-corrected chi connectivity index (χ0v) is 9.25. The minimum absolute atomic E-state index is 0.0289. The third-order valence-electron chi connectivity index (χ3n) is 2.41. The van der Waals surface area contributed by atoms with Crippen molar-refractivity contribution in [2.24, 2.45) is 0 Å². The molecule has 0 N–H and O–H groups in total. The highest BCUT2D eigenvalue weighted by Gasteiger charge is 2.29. The molecule has 18 heavy (non-hydrogen) atoms. The first-order valence-corrected chi connectivity index (χ1v) is 5.00. The fourth-order valence-corrected chi connectivity index (χ4v) is 1.74. The molecule has 0 saturated carbocycles. The second-order valence-corrected chi connectivity index (χ2v) is 3.87. The molecule has 0 aliphatic heterocycles. The fraction of sp³-hybridized carbons (Fsp3) is 0.273. The number of aromatic nitrogens is 2. The van der Waals surface area contributed by atoms with E-state index in [1.165, 1.54) is 6.92 Å². The first kappa shape index (κ1) is 12.5. The van der Waals surface area contributed by atoms with E-state index in [0.717, 1.165) is 23.0 Å². The number of hydrogen-bond acceptors (Lipinski definition) is 2. The number of Topliss-reactive ketones (excluding diaryl/α,β-unsaturated/α-hetero) is 1. The molecule has 0 fully saturated rings. The second-order valence-electron chi connectivity index (χ2n) is 3.87. The molecule has 0 unspecified atom stereocenters. The molecule has 96 valence electrons. The zero-order chi connectivity index (χ0) is 13.5. The van der Waals surface area contributed by atoms with Gasteiger partial charge in [-0.05, 0) is 13.0 Å². The Balaban J connectivity index is 2.65. The maximum Gasteiger partial charge on any atom is 0.406 e. The second kappa shape index (κ2) is 4.08. The lowest BCUT2D eigenvalue weighted by atomic mass is 10.1. The van der Waals surface area contributed by atoms with Crippen LogP contribution in [0.25, 0.3) is 11.0 Å². The first-order valence-electron chi connectivity index (χ1n) is 5.00. The highest BCUT2D eigenvalue weighted by atomic mass is 19.4. The highest BCUT2D eigenvalue weighted by Crippen LogP contribution is 2.25. The third kappa shape index (κ3) is 2.34. The summed E-state index contributed by atoms with van der Waals surface area (Å²) in [6.45, 7) is -0.0625. The Morgan fingerprint density at radius 1 is 1.44 bits per heavy atom. The van der Waals surface area contributed by atoms with Crippen LogP contribution in [-0.2, 0) is 6.54 Å². The van der Waals surface area contributed by atoms with Crippen LogP contribution in [0, 0.1) is 5.82 Å². The number of alkyl halides is 3. The number of fused-ring (bicyclic) bond motifs is 1. The standard InChI is InChI=1S/C11H8F4N2O/c1-6(18)9-4-17(5-11(13,14)15)10-8(9)2-7(12)3-16-10/h2-4H,5H2,1H3. The van der Waals surface area contributed by atoms with Gasteiger partial charge in [-0.15, -0.1) is 0 Å². The number of rotatable bonds is 2. The average molecular weight is 260 g/mol. The summed E-state index contributed by atoms with van der Waals surface area (Å²) in [5.74, 6) is -1.14. The average Bonchev–Trinajstić information content (AvgIpc) is 2.54. The summed E-state index contributed by atoms with van der Waals surface area (Å²) in [6, 6.07) is 1.01. The molecule has 2 aromatic rings. The van der Waals surface area contributed by atoms with E-state index in [9.17, 15) is 22.4 Å². The Kier molecular flexibility index (Phi) is 2.84. The van der Waals surface area contributed by atoms with Gasteiger partial charge in [0.25, 0.3) is 0 Å². The quantitative estimate of drug-likeness (QED) is 0.614. The minimum Gasteiger partial charge on any atom is -0.323 e. The predicted octanol–water partition coefficient (Wildman–Crippen LogP) is 2.94. The molecule has 0 aromatic carbocycles. The number of hydrogen-bond donors (Lipinski definition) is 0. The number of halogens is 4. The Morgan fingerprint density at radius 3 is 2.67 bits per heavy atom. The van der Waals surface area contributed by atoms with Crippen LogP contribution in [0.5, 0.6) is 0 Å². The number of pyridine rings is 1. The summed E-state index contributed by atoms with van der Waals surface area (Å²) < 4.78 is 50.9. The van der Waals surface area contributed by atoms with E-state index in [2.05, 4.69) is 4.98 Å². The lowest BCUT2D eigenvalue weighted by Crippen LogP contribution is -2.17. The Bertz CT molecular complexity index is 615. The lowest BCUT2D eigenvalue weighted by molar-refractivity contribution is -0.139. The topological polar surface area (TPSA) is 34.9 Å². The van der Waals surface area contributed by atoms with Gasteiger partial charge >= 0.3 is 6.18 Å². The van der Waals surface area contributed by atoms with Crippen LogP contribution in [0.2, 0.25) is 0 Å². The van der Waals surface area contributed by atoms with Crippen molar-refractivity contribution in [2.75, 3.05) is 0 Å². The normalized spacial score (nSPS) is 12.1. The van der Waals surface area contributed by atoms with E-state index in [1.54, 1.807) is 0 Å². The molecule has 2 aromatic heterocycles. The molecular weight excluding hydrogens is 252 g/mol. The van der Waals surface area contributed by atoms with Crippen LogP contribution in [-0.4, -0.2) is 21.5 Å². The van der Waals surface area contributed by atoms with E-state index in [4.69, 9.17) is 0 Å². The van der Waals surface area contributed by atoms with Gasteiger partial charge < -0.3 is 4.57 Å². The van der Waals surface area contributed by atoms with Crippen LogP contribution in [0.15, 0.2) is 18.5 Å². The van der Waals surface area contributed by atoms with E-state index in [0.29, 0.717) is 0 Å². The van der Waals surface area contributed by atoms with Crippen LogP contribution in [0.4, 0.5) is 17.6 Å². The monoisotopic (exact) mass is 260 g/mol. The third-order valence-corrected chi connectivity index (χ3v) is 2.41. The molecule has 2 heterocycles. The maximum atomic E-state index is 13.0. The zero-order valence-electron chi connectivity index (χ0n) is 9.25. The van der Waals surface area contributed by atoms with Crippen LogP contribution < -0.4 is 0 Å². The molecule has 7 heteroatoms. The van der Waals surface area contributed by atoms with Crippen molar-refractivity contribution in [3.05, 3.63) is 29.8 Å². The van der Waals surface area contributed by atoms with Gasteiger partial charge in [0.1, 0.15) is 18.0 Å². The van der Waals surface area contributed by atoms with Crippen molar-refractivity contribution < 1.29 is 22.4 Å². The van der Waals surface area contributed by atoms with Gasteiger partial charge in [-0.3, -0.25) is 4.79 Å². The van der Waals surface area contributed by atoms with Gasteiger partial charge in [0.2, 0.25) is 0 Å². The molecule has 0 bridgehead atoms. The number of nitrogens with zero attached hydrogens (tertiary/aromatic N) is 2. The lowest BCUT2D eigenvalue weighted by Gasteiger charge is -2.07. The van der Waals surface area contributed by atoms with Crippen molar-refractivity contribution >= 4 is 16.8 Å². The van der Waals surface area contributed by atoms with Crippen LogP contribution in [0.3, 0.4) is 0 Å². The minimum atomic E-state index is -4.43. The number of carbonyl (C=O) groups excluding carboxylic acids is 1. The van der Waals surface area contributed by atoms with Crippen LogP contribution >= 0.6 is 0 Å². The van der Waals surface area contributed by atoms with Gasteiger partial charge in [0, 0.05) is 17.1 Å². The molecule has 0 radical (unpaired) electrons. The predicted molar refractivity (Wildman–Crippen MR) is 55.8 cm³/mol. The summed E-state index contributed by atoms with van der Waals surface area (Å²) in [5.41, 5.74) is -0.0276. The Morgan fingerprint density at radius 2 is 2.11 bits per heavy atom. The molecule has 0 amide bonds. The van der Waals surface area contributed by atoms with Gasteiger partial charge in [0.15, 0.2) is 5.78 Å². The molecule has 0 aliphatic carbocycles. The summed E-state index contributed by atoms with van der Waals surface area (Å²) in [5, 5.41) is 0.0896. The molecule has 3 nitrogen and oxygen atoms in total. The molecule has 0 aliphatic rings. The van der Waals surface area contributed by atoms with Crippen LogP contribution in [0.1, 0.15) is 17.3 Å².